The number of nitrogens with zero attached hydrogens (tertiary/aromatic N) is 1. The van der Waals surface area contributed by atoms with Gasteiger partial charge in [-0.05, 0) is 32.9 Å². The molecule has 0 radical (unpaired) electrons. The monoisotopic (exact) mass is 141 g/mol. The van der Waals surface area contributed by atoms with Crippen LogP contribution in [0.1, 0.15) is 39.5 Å². The van der Waals surface area contributed by atoms with Crippen LogP contribution in [0.4, 0.5) is 0 Å². The Morgan fingerprint density at radius 1 is 1.30 bits per heavy atom. The van der Waals surface area contributed by atoms with Gasteiger partial charge in [-0.2, -0.15) is 0 Å². The van der Waals surface area contributed by atoms with E-state index in [1.165, 1.54) is 38.8 Å². The summed E-state index contributed by atoms with van der Waals surface area (Å²) in [6.07, 6.45) is 5.71. The average Bonchev–Trinajstić information content (AvgIpc) is 2.13. The molecule has 0 amide bonds. The second-order valence-electron chi connectivity index (χ2n) is 3.33. The molecule has 1 aliphatic heterocycles. The minimum absolute atomic E-state index is 0.840. The second kappa shape index (κ2) is 3.97. The summed E-state index contributed by atoms with van der Waals surface area (Å²) in [6, 6.07) is 0.840. The van der Waals surface area contributed by atoms with Gasteiger partial charge >= 0.3 is 0 Å². The zero-order valence-corrected chi connectivity index (χ0v) is 7.27. The maximum absolute atomic E-state index is 2.59. The topological polar surface area (TPSA) is 3.24 Å². The summed E-state index contributed by atoms with van der Waals surface area (Å²) in [5, 5.41) is 0. The van der Waals surface area contributed by atoms with Gasteiger partial charge in [0.2, 0.25) is 0 Å². The molecule has 1 heteroatoms. The smallest absolute Gasteiger partial charge is 0.00668 e. The van der Waals surface area contributed by atoms with Crippen LogP contribution in [0.2, 0.25) is 0 Å². The van der Waals surface area contributed by atoms with Crippen molar-refractivity contribution < 1.29 is 0 Å². The first-order chi connectivity index (χ1) is 4.84. The molecule has 1 atom stereocenters. The van der Waals surface area contributed by atoms with Crippen LogP contribution in [-0.2, 0) is 0 Å². The van der Waals surface area contributed by atoms with Crippen molar-refractivity contribution in [3.05, 3.63) is 0 Å². The summed E-state index contributed by atoms with van der Waals surface area (Å²) in [5.41, 5.74) is 0. The Hall–Kier alpha value is -0.0400. The van der Waals surface area contributed by atoms with E-state index in [-0.39, 0.29) is 0 Å². The van der Waals surface area contributed by atoms with Crippen molar-refractivity contribution in [1.29, 1.82) is 0 Å². The van der Waals surface area contributed by atoms with E-state index in [1.54, 1.807) is 0 Å². The van der Waals surface area contributed by atoms with Crippen molar-refractivity contribution in [2.75, 3.05) is 13.1 Å². The van der Waals surface area contributed by atoms with E-state index in [9.17, 15) is 0 Å². The van der Waals surface area contributed by atoms with Gasteiger partial charge in [0.15, 0.2) is 0 Å². The molecule has 0 aliphatic carbocycles. The summed E-state index contributed by atoms with van der Waals surface area (Å²) >= 11 is 0. The molecule has 0 unspecified atom stereocenters. The van der Waals surface area contributed by atoms with Gasteiger partial charge in [-0.15, -0.1) is 0 Å². The second-order valence-corrected chi connectivity index (χ2v) is 3.33. The van der Waals surface area contributed by atoms with Crippen LogP contribution in [-0.4, -0.2) is 24.0 Å². The van der Waals surface area contributed by atoms with Crippen LogP contribution in [0.25, 0.3) is 0 Å². The van der Waals surface area contributed by atoms with Crippen molar-refractivity contribution in [3.63, 3.8) is 0 Å². The van der Waals surface area contributed by atoms with Crippen molar-refractivity contribution in [3.8, 4) is 0 Å². The van der Waals surface area contributed by atoms with Gasteiger partial charge in [-0.1, -0.05) is 19.8 Å². The Bertz CT molecular complexity index is 90.7. The van der Waals surface area contributed by atoms with Gasteiger partial charge < -0.3 is 4.90 Å². The highest BCUT2D eigenvalue weighted by Crippen LogP contribution is 2.15. The van der Waals surface area contributed by atoms with Crippen molar-refractivity contribution in [2.45, 2.75) is 45.6 Å². The molecule has 10 heavy (non-hydrogen) atoms. The molecule has 1 fully saturated rings. The summed E-state index contributed by atoms with van der Waals surface area (Å²) in [4.78, 5) is 2.59. The normalized spacial score (nSPS) is 30.0. The van der Waals surface area contributed by atoms with Crippen LogP contribution in [0, 0.1) is 0 Å². The predicted octanol–water partition coefficient (Wildman–Crippen LogP) is 2.27. The highest BCUT2D eigenvalue weighted by Gasteiger charge is 2.13. The SMILES string of the molecule is CCN1CCCCC[C@@H]1C. The minimum Gasteiger partial charge on any atom is -0.301 e. The quantitative estimate of drug-likeness (QED) is 0.541. The lowest BCUT2D eigenvalue weighted by Crippen LogP contribution is -2.32. The van der Waals surface area contributed by atoms with Crippen LogP contribution in [0.5, 0.6) is 0 Å². The van der Waals surface area contributed by atoms with E-state index >= 15 is 0 Å². The molecule has 1 heterocycles. The molecule has 0 aromatic heterocycles. The predicted molar refractivity (Wildman–Crippen MR) is 45.2 cm³/mol. The first kappa shape index (κ1) is 8.06. The molecule has 0 spiro atoms. The molecule has 1 saturated heterocycles. The lowest BCUT2D eigenvalue weighted by molar-refractivity contribution is 0.225. The van der Waals surface area contributed by atoms with Gasteiger partial charge in [0, 0.05) is 6.04 Å². The molecular formula is C9H19N. The zero-order valence-electron chi connectivity index (χ0n) is 7.27. The molecule has 0 saturated carbocycles. The molecule has 1 rings (SSSR count). The number of hydrogen-bond donors (Lipinski definition) is 0. The molecule has 1 aliphatic rings. The maximum atomic E-state index is 2.59. The largest absolute Gasteiger partial charge is 0.301 e. The Morgan fingerprint density at radius 2 is 2.10 bits per heavy atom. The van der Waals surface area contributed by atoms with Gasteiger partial charge in [-0.25, -0.2) is 0 Å². The van der Waals surface area contributed by atoms with Gasteiger partial charge in [-0.3, -0.25) is 0 Å². The third-order valence-corrected chi connectivity index (χ3v) is 2.60. The fourth-order valence-corrected chi connectivity index (χ4v) is 1.80. The lowest BCUT2D eigenvalue weighted by atomic mass is 10.1. The first-order valence-electron chi connectivity index (χ1n) is 4.58. The van der Waals surface area contributed by atoms with Crippen LogP contribution in [0.3, 0.4) is 0 Å². The Kier molecular flexibility index (Phi) is 3.20. The van der Waals surface area contributed by atoms with Crippen molar-refractivity contribution in [2.24, 2.45) is 0 Å². The van der Waals surface area contributed by atoms with E-state index < -0.39 is 0 Å². The summed E-state index contributed by atoms with van der Waals surface area (Å²) < 4.78 is 0. The number of rotatable bonds is 1. The Labute approximate surface area is 64.4 Å². The Balaban J connectivity index is 2.35. The molecule has 1 nitrogen and oxygen atoms in total. The third kappa shape index (κ3) is 1.98. The standard InChI is InChI=1S/C9H19N/c1-3-10-8-6-4-5-7-9(10)2/h9H,3-8H2,1-2H3/t9-/m0/s1. The van der Waals surface area contributed by atoms with E-state index in [4.69, 9.17) is 0 Å². The molecule has 0 N–H and O–H groups in total. The summed E-state index contributed by atoms with van der Waals surface area (Å²) in [5.74, 6) is 0. The van der Waals surface area contributed by atoms with E-state index in [0.29, 0.717) is 0 Å². The van der Waals surface area contributed by atoms with E-state index in [2.05, 4.69) is 18.7 Å². The third-order valence-electron chi connectivity index (χ3n) is 2.60. The van der Waals surface area contributed by atoms with Crippen molar-refractivity contribution >= 4 is 0 Å². The summed E-state index contributed by atoms with van der Waals surface area (Å²) in [6.45, 7) is 7.19. The Morgan fingerprint density at radius 3 is 2.80 bits per heavy atom. The van der Waals surface area contributed by atoms with Gasteiger partial charge in [0.25, 0.3) is 0 Å². The highest BCUT2D eigenvalue weighted by atomic mass is 15.1. The van der Waals surface area contributed by atoms with E-state index in [0.717, 1.165) is 6.04 Å². The number of likely N-dealkylation sites (tertiary alicyclic amines) is 1. The highest BCUT2D eigenvalue weighted by molar-refractivity contribution is 4.69. The minimum atomic E-state index is 0.840. The molecule has 0 aromatic rings. The number of hydrogen-bond acceptors (Lipinski definition) is 1. The fraction of sp³-hybridized carbons (Fsp3) is 1.00. The van der Waals surface area contributed by atoms with Crippen LogP contribution >= 0.6 is 0 Å². The lowest BCUT2D eigenvalue weighted by Gasteiger charge is -2.24. The fourth-order valence-electron chi connectivity index (χ4n) is 1.80. The average molecular weight is 141 g/mol. The van der Waals surface area contributed by atoms with E-state index in [1.807, 2.05) is 0 Å². The zero-order chi connectivity index (χ0) is 7.40. The molecule has 60 valence electrons. The van der Waals surface area contributed by atoms with Gasteiger partial charge in [0.1, 0.15) is 0 Å². The van der Waals surface area contributed by atoms with Crippen LogP contribution < -0.4 is 0 Å². The maximum Gasteiger partial charge on any atom is 0.00668 e. The molecule has 0 aromatic carbocycles. The van der Waals surface area contributed by atoms with Crippen LogP contribution in [0.15, 0.2) is 0 Å². The molecular weight excluding hydrogens is 122 g/mol. The van der Waals surface area contributed by atoms with Gasteiger partial charge in [0.05, 0.1) is 0 Å². The molecule has 0 bridgehead atoms. The van der Waals surface area contributed by atoms with Crippen molar-refractivity contribution in [1.82, 2.24) is 4.90 Å². The first-order valence-corrected chi connectivity index (χ1v) is 4.58. The summed E-state index contributed by atoms with van der Waals surface area (Å²) in [7, 11) is 0.